The molecule has 0 radical (unpaired) electrons. The lowest BCUT2D eigenvalue weighted by Gasteiger charge is -2.13. The number of aromatic nitrogens is 2. The molecule has 0 fully saturated rings. The summed E-state index contributed by atoms with van der Waals surface area (Å²) in [6, 6.07) is 4.99. The molecule has 0 amide bonds. The molecule has 0 aliphatic rings. The lowest BCUT2D eigenvalue weighted by atomic mass is 10.3. The maximum absolute atomic E-state index is 13.0. The summed E-state index contributed by atoms with van der Waals surface area (Å²) in [5.74, 6) is -0.153. The summed E-state index contributed by atoms with van der Waals surface area (Å²) in [4.78, 5) is -0.0320. The van der Waals surface area contributed by atoms with Crippen LogP contribution in [0.2, 0.25) is 0 Å². The molecule has 1 aromatic heterocycles. The monoisotopic (exact) mass is 361 g/mol. The summed E-state index contributed by atoms with van der Waals surface area (Å²) in [6.07, 6.45) is 1.51. The Morgan fingerprint density at radius 2 is 2.05 bits per heavy atom. The largest absolute Gasteiger partial charge is 0.264 e. The van der Waals surface area contributed by atoms with E-state index in [4.69, 9.17) is 0 Å². The summed E-state index contributed by atoms with van der Waals surface area (Å²) in [7, 11) is -3.81. The molecule has 2 aromatic rings. The number of benzene rings is 1. The molecule has 20 heavy (non-hydrogen) atoms. The first-order chi connectivity index (χ1) is 9.31. The SMILES string of the molecule is CC(C)n1nccc1NS(=O)(=O)c1ccc(F)cc1Br. The lowest BCUT2D eigenvalue weighted by Crippen LogP contribution is -2.17. The van der Waals surface area contributed by atoms with Crippen molar-refractivity contribution in [3.63, 3.8) is 0 Å². The van der Waals surface area contributed by atoms with Crippen LogP contribution in [0, 0.1) is 5.82 Å². The Labute approximate surface area is 125 Å². The minimum Gasteiger partial charge on any atom is -0.264 e. The molecule has 0 bridgehead atoms. The Morgan fingerprint density at radius 1 is 1.35 bits per heavy atom. The Bertz CT molecular complexity index is 728. The minimum absolute atomic E-state index is 0.0133. The van der Waals surface area contributed by atoms with Gasteiger partial charge >= 0.3 is 0 Å². The van der Waals surface area contributed by atoms with Crippen molar-refractivity contribution in [2.45, 2.75) is 24.8 Å². The van der Waals surface area contributed by atoms with Gasteiger partial charge in [-0.1, -0.05) is 0 Å². The maximum Gasteiger partial charge on any atom is 0.264 e. The molecule has 0 aliphatic carbocycles. The zero-order valence-electron chi connectivity index (χ0n) is 10.8. The smallest absolute Gasteiger partial charge is 0.264 e. The zero-order valence-corrected chi connectivity index (χ0v) is 13.2. The van der Waals surface area contributed by atoms with Gasteiger partial charge < -0.3 is 0 Å². The van der Waals surface area contributed by atoms with E-state index in [1.54, 1.807) is 10.7 Å². The summed E-state index contributed by atoms with van der Waals surface area (Å²) in [5, 5.41) is 4.05. The van der Waals surface area contributed by atoms with Gasteiger partial charge in [-0.3, -0.25) is 4.72 Å². The van der Waals surface area contributed by atoms with Crippen LogP contribution in [0.1, 0.15) is 19.9 Å². The van der Waals surface area contributed by atoms with Crippen molar-refractivity contribution in [3.8, 4) is 0 Å². The Kier molecular flexibility index (Phi) is 4.14. The zero-order chi connectivity index (χ0) is 14.9. The summed E-state index contributed by atoms with van der Waals surface area (Å²) < 4.78 is 41.8. The van der Waals surface area contributed by atoms with E-state index in [1.807, 2.05) is 13.8 Å². The fourth-order valence-electron chi connectivity index (χ4n) is 1.69. The van der Waals surface area contributed by atoms with Gasteiger partial charge in [0.25, 0.3) is 10.0 Å². The second-order valence-electron chi connectivity index (χ2n) is 4.44. The van der Waals surface area contributed by atoms with Crippen molar-refractivity contribution in [2.75, 3.05) is 4.72 Å². The fourth-order valence-corrected chi connectivity index (χ4v) is 3.79. The molecule has 1 heterocycles. The Hall–Kier alpha value is -1.41. The van der Waals surface area contributed by atoms with Gasteiger partial charge in [0, 0.05) is 16.6 Å². The van der Waals surface area contributed by atoms with Gasteiger partial charge in [-0.2, -0.15) is 5.10 Å². The van der Waals surface area contributed by atoms with Gasteiger partial charge in [0.1, 0.15) is 16.5 Å². The van der Waals surface area contributed by atoms with Crippen molar-refractivity contribution in [2.24, 2.45) is 0 Å². The molecule has 0 aliphatic heterocycles. The molecular weight excluding hydrogens is 349 g/mol. The normalized spacial score (nSPS) is 11.8. The molecule has 1 aromatic carbocycles. The van der Waals surface area contributed by atoms with Gasteiger partial charge in [-0.25, -0.2) is 17.5 Å². The van der Waals surface area contributed by atoms with Gasteiger partial charge in [0.2, 0.25) is 0 Å². The first-order valence-electron chi connectivity index (χ1n) is 5.82. The number of hydrogen-bond acceptors (Lipinski definition) is 3. The van der Waals surface area contributed by atoms with Gasteiger partial charge in [-0.05, 0) is 48.0 Å². The molecule has 0 atom stereocenters. The van der Waals surface area contributed by atoms with Gasteiger partial charge in [0.15, 0.2) is 0 Å². The second kappa shape index (κ2) is 5.53. The number of halogens is 2. The number of anilines is 1. The van der Waals surface area contributed by atoms with Crippen LogP contribution in [0.5, 0.6) is 0 Å². The molecule has 1 N–H and O–H groups in total. The van der Waals surface area contributed by atoms with Crippen LogP contribution in [0.3, 0.4) is 0 Å². The topological polar surface area (TPSA) is 64.0 Å². The van der Waals surface area contributed by atoms with Crippen molar-refractivity contribution < 1.29 is 12.8 Å². The summed E-state index contributed by atoms with van der Waals surface area (Å²) >= 11 is 3.05. The maximum atomic E-state index is 13.0. The molecule has 0 spiro atoms. The number of nitrogens with zero attached hydrogens (tertiary/aromatic N) is 2. The van der Waals surface area contributed by atoms with Crippen LogP contribution in [-0.4, -0.2) is 18.2 Å². The number of hydrogen-bond donors (Lipinski definition) is 1. The quantitative estimate of drug-likeness (QED) is 0.909. The van der Waals surface area contributed by atoms with Crippen molar-refractivity contribution >= 4 is 31.8 Å². The highest BCUT2D eigenvalue weighted by Gasteiger charge is 2.20. The highest BCUT2D eigenvalue weighted by atomic mass is 79.9. The highest BCUT2D eigenvalue weighted by Crippen LogP contribution is 2.25. The number of rotatable bonds is 4. The third-order valence-corrected chi connectivity index (χ3v) is 4.91. The van der Waals surface area contributed by atoms with Crippen LogP contribution in [0.4, 0.5) is 10.2 Å². The van der Waals surface area contributed by atoms with E-state index in [9.17, 15) is 12.8 Å². The van der Waals surface area contributed by atoms with Crippen LogP contribution < -0.4 is 4.72 Å². The second-order valence-corrected chi connectivity index (χ2v) is 6.94. The van der Waals surface area contributed by atoms with E-state index in [1.165, 1.54) is 12.3 Å². The van der Waals surface area contributed by atoms with E-state index in [-0.39, 0.29) is 15.4 Å². The lowest BCUT2D eigenvalue weighted by molar-refractivity contribution is 0.539. The van der Waals surface area contributed by atoms with E-state index in [0.717, 1.165) is 12.1 Å². The standard InChI is InChI=1S/C12H13BrFN3O2S/c1-8(2)17-12(5-6-15-17)16-20(18,19)11-4-3-9(14)7-10(11)13/h3-8,16H,1-2H3. The molecule has 8 heteroatoms. The van der Waals surface area contributed by atoms with Gasteiger partial charge in [0.05, 0.1) is 6.20 Å². The van der Waals surface area contributed by atoms with Crippen molar-refractivity contribution in [1.29, 1.82) is 0 Å². The molecule has 5 nitrogen and oxygen atoms in total. The average molecular weight is 362 g/mol. The molecule has 2 rings (SSSR count). The third-order valence-electron chi connectivity index (χ3n) is 2.58. The number of nitrogens with one attached hydrogen (secondary N) is 1. The van der Waals surface area contributed by atoms with E-state index < -0.39 is 15.8 Å². The molecule has 108 valence electrons. The average Bonchev–Trinajstić information content (AvgIpc) is 2.75. The highest BCUT2D eigenvalue weighted by molar-refractivity contribution is 9.10. The van der Waals surface area contributed by atoms with Gasteiger partial charge in [-0.15, -0.1) is 0 Å². The summed E-state index contributed by atoms with van der Waals surface area (Å²) in [5.41, 5.74) is 0. The molecule has 0 saturated carbocycles. The van der Waals surface area contributed by atoms with E-state index in [2.05, 4.69) is 25.8 Å². The first kappa shape index (κ1) is 15.0. The van der Waals surface area contributed by atoms with E-state index >= 15 is 0 Å². The van der Waals surface area contributed by atoms with E-state index in [0.29, 0.717) is 5.82 Å². The Balaban J connectivity index is 2.38. The minimum atomic E-state index is -3.81. The van der Waals surface area contributed by atoms with Crippen LogP contribution >= 0.6 is 15.9 Å². The molecular formula is C12H13BrFN3O2S. The first-order valence-corrected chi connectivity index (χ1v) is 8.10. The fraction of sp³-hybridized carbons (Fsp3) is 0.250. The van der Waals surface area contributed by atoms with Crippen LogP contribution in [0.15, 0.2) is 39.8 Å². The third kappa shape index (κ3) is 3.01. The molecule has 0 unspecified atom stereocenters. The van der Waals surface area contributed by atoms with Crippen LogP contribution in [0.25, 0.3) is 0 Å². The predicted octanol–water partition coefficient (Wildman–Crippen LogP) is 3.17. The molecule has 0 saturated heterocycles. The predicted molar refractivity (Wildman–Crippen MR) is 77.5 cm³/mol. The van der Waals surface area contributed by atoms with Crippen LogP contribution in [-0.2, 0) is 10.0 Å². The Morgan fingerprint density at radius 3 is 2.65 bits per heavy atom. The summed E-state index contributed by atoms with van der Waals surface area (Å²) in [6.45, 7) is 3.78. The number of sulfonamides is 1. The van der Waals surface area contributed by atoms with Crippen molar-refractivity contribution in [3.05, 3.63) is 40.8 Å². The van der Waals surface area contributed by atoms with Crippen molar-refractivity contribution in [1.82, 2.24) is 9.78 Å².